The molecule has 0 saturated heterocycles. The average Bonchev–Trinajstić information content (AvgIpc) is 2.80. The van der Waals surface area contributed by atoms with Gasteiger partial charge in [-0.2, -0.15) is 0 Å². The van der Waals surface area contributed by atoms with Crippen molar-refractivity contribution in [3.05, 3.63) is 18.0 Å². The summed E-state index contributed by atoms with van der Waals surface area (Å²) in [6.07, 6.45) is 1.36. The van der Waals surface area contributed by atoms with Crippen molar-refractivity contribution in [2.75, 3.05) is 13.2 Å². The first-order valence-corrected chi connectivity index (χ1v) is 8.30. The number of rotatable bonds is 7. The van der Waals surface area contributed by atoms with Crippen molar-refractivity contribution in [2.24, 2.45) is 5.14 Å². The second-order valence-electron chi connectivity index (χ2n) is 5.27. The van der Waals surface area contributed by atoms with Gasteiger partial charge in [-0.15, -0.1) is 0 Å². The Morgan fingerprint density at radius 2 is 2.05 bits per heavy atom. The number of primary sulfonamides is 1. The Morgan fingerprint density at radius 1 is 1.43 bits per heavy atom. The van der Waals surface area contributed by atoms with Crippen LogP contribution in [0.25, 0.3) is 0 Å². The number of carbonyl (C=O) groups is 1. The van der Waals surface area contributed by atoms with E-state index >= 15 is 0 Å². The third-order valence-corrected chi connectivity index (χ3v) is 3.86. The van der Waals surface area contributed by atoms with Crippen LogP contribution in [-0.4, -0.2) is 37.6 Å². The normalized spacial score (nSPS) is 12.4. The molecule has 0 bridgehead atoms. The van der Waals surface area contributed by atoms with Crippen molar-refractivity contribution in [1.29, 1.82) is 0 Å². The fourth-order valence-electron chi connectivity index (χ4n) is 1.92. The Labute approximate surface area is 125 Å². The van der Waals surface area contributed by atoms with Gasteiger partial charge >= 0.3 is 0 Å². The molecule has 0 spiro atoms. The zero-order valence-electron chi connectivity index (χ0n) is 12.8. The van der Waals surface area contributed by atoms with Crippen LogP contribution in [0.5, 0.6) is 0 Å². The molecule has 0 aromatic carbocycles. The molecule has 1 amide bonds. The van der Waals surface area contributed by atoms with Crippen molar-refractivity contribution in [3.8, 4) is 0 Å². The highest BCUT2D eigenvalue weighted by Crippen LogP contribution is 2.14. The number of nitrogens with two attached hydrogens (primary N) is 1. The van der Waals surface area contributed by atoms with Crippen molar-refractivity contribution in [3.63, 3.8) is 0 Å². The minimum absolute atomic E-state index is 0.0708. The van der Waals surface area contributed by atoms with Crippen LogP contribution in [0.2, 0.25) is 0 Å². The van der Waals surface area contributed by atoms with E-state index in [2.05, 4.69) is 5.32 Å². The lowest BCUT2D eigenvalue weighted by Crippen LogP contribution is -2.41. The molecule has 7 nitrogen and oxygen atoms in total. The van der Waals surface area contributed by atoms with Crippen LogP contribution in [0.3, 0.4) is 0 Å². The van der Waals surface area contributed by atoms with Crippen LogP contribution in [0, 0.1) is 0 Å². The van der Waals surface area contributed by atoms with E-state index in [9.17, 15) is 13.2 Å². The molecule has 0 aliphatic heterocycles. The van der Waals surface area contributed by atoms with Crippen LogP contribution < -0.4 is 10.5 Å². The Morgan fingerprint density at radius 3 is 2.52 bits per heavy atom. The zero-order valence-corrected chi connectivity index (χ0v) is 13.7. The smallest absolute Gasteiger partial charge is 0.268 e. The van der Waals surface area contributed by atoms with E-state index in [4.69, 9.17) is 9.88 Å². The number of hydrogen-bond acceptors (Lipinski definition) is 4. The van der Waals surface area contributed by atoms with Crippen molar-refractivity contribution in [2.45, 2.75) is 44.7 Å². The average molecular weight is 317 g/mol. The number of nitrogens with one attached hydrogen (secondary N) is 1. The van der Waals surface area contributed by atoms with Gasteiger partial charge in [0.1, 0.15) is 10.6 Å². The van der Waals surface area contributed by atoms with Gasteiger partial charge in [-0.05, 0) is 33.8 Å². The molecule has 1 heterocycles. The van der Waals surface area contributed by atoms with Gasteiger partial charge in [0.05, 0.1) is 5.60 Å². The number of carbonyl (C=O) groups excluding carboxylic acids is 1. The Balaban J connectivity index is 2.90. The summed E-state index contributed by atoms with van der Waals surface area (Å²) < 4.78 is 29.7. The molecule has 0 aliphatic rings. The van der Waals surface area contributed by atoms with Crippen LogP contribution in [0.4, 0.5) is 0 Å². The van der Waals surface area contributed by atoms with Crippen molar-refractivity contribution < 1.29 is 17.9 Å². The molecule has 8 heteroatoms. The molecule has 21 heavy (non-hydrogen) atoms. The molecule has 0 radical (unpaired) electrons. The topological polar surface area (TPSA) is 103 Å². The van der Waals surface area contributed by atoms with E-state index in [1.54, 1.807) is 4.57 Å². The van der Waals surface area contributed by atoms with Gasteiger partial charge in [0.2, 0.25) is 10.0 Å². The molecule has 0 aliphatic carbocycles. The minimum atomic E-state index is -3.83. The third-order valence-electron chi connectivity index (χ3n) is 2.98. The van der Waals surface area contributed by atoms with Crippen molar-refractivity contribution >= 4 is 15.9 Å². The van der Waals surface area contributed by atoms with E-state index in [0.717, 1.165) is 0 Å². The molecule has 0 atom stereocenters. The van der Waals surface area contributed by atoms with Gasteiger partial charge in [0, 0.05) is 25.9 Å². The maximum Gasteiger partial charge on any atom is 0.268 e. The molecule has 3 N–H and O–H groups in total. The molecular weight excluding hydrogens is 294 g/mol. The molecule has 0 saturated carbocycles. The fraction of sp³-hybridized carbons (Fsp3) is 0.615. The lowest BCUT2D eigenvalue weighted by atomic mass is 10.1. The second-order valence-corrected chi connectivity index (χ2v) is 6.83. The first-order chi connectivity index (χ1) is 9.60. The van der Waals surface area contributed by atoms with E-state index in [1.165, 1.54) is 12.3 Å². The van der Waals surface area contributed by atoms with Gasteiger partial charge < -0.3 is 14.6 Å². The zero-order chi connectivity index (χ0) is 16.3. The highest BCUT2D eigenvalue weighted by molar-refractivity contribution is 7.89. The van der Waals surface area contributed by atoms with Crippen molar-refractivity contribution in [1.82, 2.24) is 9.88 Å². The predicted octanol–water partition coefficient (Wildman–Crippen LogP) is 0.700. The number of aromatic nitrogens is 1. The maximum absolute atomic E-state index is 12.2. The summed E-state index contributed by atoms with van der Waals surface area (Å²) in [5, 5.41) is 7.83. The Hall–Kier alpha value is -1.38. The summed E-state index contributed by atoms with van der Waals surface area (Å²) in [6.45, 7) is 8.75. The van der Waals surface area contributed by atoms with Gasteiger partial charge in [-0.3, -0.25) is 4.79 Å². The van der Waals surface area contributed by atoms with Gasteiger partial charge in [-0.25, -0.2) is 13.6 Å². The summed E-state index contributed by atoms with van der Waals surface area (Å²) in [4.78, 5) is 12.1. The number of sulfonamides is 1. The molecular formula is C13H23N3O4S. The lowest BCUT2D eigenvalue weighted by molar-refractivity contribution is -0.00821. The monoisotopic (exact) mass is 317 g/mol. The number of aryl methyl sites for hydroxylation is 1. The van der Waals surface area contributed by atoms with Gasteiger partial charge in [-0.1, -0.05) is 0 Å². The highest BCUT2D eigenvalue weighted by atomic mass is 32.2. The Kier molecular flexibility index (Phi) is 5.54. The summed E-state index contributed by atoms with van der Waals surface area (Å²) in [7, 11) is -3.83. The number of amides is 1. The van der Waals surface area contributed by atoms with Gasteiger partial charge in [0.25, 0.3) is 5.91 Å². The van der Waals surface area contributed by atoms with Crippen LogP contribution in [0.15, 0.2) is 17.2 Å². The maximum atomic E-state index is 12.2. The van der Waals surface area contributed by atoms with Crippen LogP contribution in [-0.2, 0) is 21.3 Å². The van der Waals surface area contributed by atoms with E-state index in [-0.39, 0.29) is 16.5 Å². The van der Waals surface area contributed by atoms with E-state index in [1.807, 2.05) is 27.7 Å². The molecule has 120 valence electrons. The lowest BCUT2D eigenvalue weighted by Gasteiger charge is -2.24. The summed E-state index contributed by atoms with van der Waals surface area (Å²) in [5.41, 5.74) is -0.231. The predicted molar refractivity (Wildman–Crippen MR) is 79.5 cm³/mol. The third kappa shape index (κ3) is 4.83. The van der Waals surface area contributed by atoms with Crippen LogP contribution in [0.1, 0.15) is 38.2 Å². The fourth-order valence-corrected chi connectivity index (χ4v) is 2.47. The molecule has 1 aromatic heterocycles. The number of nitrogens with zero attached hydrogens (tertiary/aromatic N) is 1. The first kappa shape index (κ1) is 17.7. The number of ether oxygens (including phenoxy) is 1. The van der Waals surface area contributed by atoms with Crippen LogP contribution >= 0.6 is 0 Å². The highest BCUT2D eigenvalue weighted by Gasteiger charge is 2.22. The first-order valence-electron chi connectivity index (χ1n) is 6.76. The standard InChI is InChI=1S/C13H23N3O4S/c1-5-16-8-10(21(14,18)19)7-11(16)12(17)15-9-13(3,4)20-6-2/h7-8H,5-6,9H2,1-4H3,(H,15,17)(H2,14,18,19). The summed E-state index contributed by atoms with van der Waals surface area (Å²) in [5.74, 6) is -0.362. The molecule has 1 aromatic rings. The molecule has 0 fully saturated rings. The SMILES string of the molecule is CCOC(C)(C)CNC(=O)c1cc(S(N)(=O)=O)cn1CC. The molecule has 0 unspecified atom stereocenters. The second kappa shape index (κ2) is 6.59. The van der Waals surface area contributed by atoms with E-state index < -0.39 is 15.6 Å². The summed E-state index contributed by atoms with van der Waals surface area (Å²) >= 11 is 0. The quantitative estimate of drug-likeness (QED) is 0.772. The number of hydrogen-bond donors (Lipinski definition) is 2. The van der Waals surface area contributed by atoms with Gasteiger partial charge in [0.15, 0.2) is 0 Å². The summed E-state index contributed by atoms with van der Waals surface area (Å²) in [6, 6.07) is 1.28. The molecule has 1 rings (SSSR count). The Bertz CT molecular complexity index is 605. The van der Waals surface area contributed by atoms with E-state index in [0.29, 0.717) is 19.7 Å². The largest absolute Gasteiger partial charge is 0.374 e. The minimum Gasteiger partial charge on any atom is -0.374 e.